The Kier molecular flexibility index (Phi) is 7.78. The molecule has 3 rings (SSSR count). The van der Waals surface area contributed by atoms with Crippen molar-refractivity contribution in [2.24, 2.45) is 10.6 Å². The van der Waals surface area contributed by atoms with Crippen LogP contribution in [0.5, 0.6) is 0 Å². The summed E-state index contributed by atoms with van der Waals surface area (Å²) in [6, 6.07) is -0.919. The smallest absolute Gasteiger partial charge is 0.407 e. The van der Waals surface area contributed by atoms with E-state index < -0.39 is 40.7 Å². The summed E-state index contributed by atoms with van der Waals surface area (Å²) in [5.74, 6) is -2.30. The number of aromatic nitrogens is 1. The lowest BCUT2D eigenvalue weighted by Gasteiger charge is -2.53. The number of amides is 3. The van der Waals surface area contributed by atoms with Gasteiger partial charge in [-0.15, -0.1) is 29.7 Å². The van der Waals surface area contributed by atoms with Gasteiger partial charge in [0.15, 0.2) is 10.8 Å². The van der Waals surface area contributed by atoms with E-state index >= 15 is 0 Å². The molecule has 34 heavy (non-hydrogen) atoms. The van der Waals surface area contributed by atoms with Gasteiger partial charge in [-0.1, -0.05) is 17.3 Å². The number of rotatable bonds is 9. The highest BCUT2D eigenvalue weighted by molar-refractivity contribution is 8.00. The number of β-lactam (4-membered cyclic amide) rings is 1. The number of carbonyl (C=O) groups excluding carboxylic acids is 3. The molecule has 182 valence electrons. The summed E-state index contributed by atoms with van der Waals surface area (Å²) in [4.78, 5) is 53.9. The largest absolute Gasteiger partial charge is 0.481 e. The second kappa shape index (κ2) is 10.6. The molecule has 0 radical (unpaired) electrons. The number of fused-ring (bicyclic) bond motifs is 1. The molecule has 1 aromatic rings. The van der Waals surface area contributed by atoms with Gasteiger partial charge in [0.1, 0.15) is 29.1 Å². The number of nitrogens with two attached hydrogens (primary N) is 1. The first kappa shape index (κ1) is 25.0. The molecule has 2 aliphatic heterocycles. The van der Waals surface area contributed by atoms with E-state index in [1.807, 2.05) is 0 Å². The molecule has 0 bridgehead atoms. The van der Waals surface area contributed by atoms with E-state index in [-0.39, 0.29) is 42.0 Å². The summed E-state index contributed by atoms with van der Waals surface area (Å²) in [5.41, 5.74) is 3.83. The van der Waals surface area contributed by atoms with Gasteiger partial charge in [-0.2, -0.15) is 0 Å². The first-order valence-electron chi connectivity index (χ1n) is 9.81. The molecule has 6 N–H and O–H groups in total. The molecule has 0 saturated carbocycles. The number of hydrogen-bond donors (Lipinski definition) is 5. The zero-order valence-electron chi connectivity index (χ0n) is 17.7. The second-order valence-electron chi connectivity index (χ2n) is 7.27. The third-order valence-electron chi connectivity index (χ3n) is 5.04. The minimum Gasteiger partial charge on any atom is -0.481 e. The molecule has 15 heteroatoms. The summed E-state index contributed by atoms with van der Waals surface area (Å²) in [6.07, 6.45) is 3.63. The van der Waals surface area contributed by atoms with E-state index in [9.17, 15) is 29.5 Å². The topological polar surface area (TPSA) is 197 Å². The van der Waals surface area contributed by atoms with Gasteiger partial charge in [0.05, 0.1) is 0 Å². The first-order chi connectivity index (χ1) is 16.2. The lowest BCUT2D eigenvalue weighted by atomic mass is 9.86. The highest BCUT2D eigenvalue weighted by Crippen LogP contribution is 2.43. The molecule has 2 fully saturated rings. The van der Waals surface area contributed by atoms with Gasteiger partial charge >= 0.3 is 12.1 Å². The number of aliphatic carboxylic acids is 1. The third kappa shape index (κ3) is 5.14. The number of nitrogens with zero attached hydrogens (tertiary/aromatic N) is 3. The van der Waals surface area contributed by atoms with E-state index in [4.69, 9.17) is 10.5 Å². The fourth-order valence-corrected chi connectivity index (χ4v) is 5.38. The van der Waals surface area contributed by atoms with Gasteiger partial charge in [0.25, 0.3) is 5.91 Å². The van der Waals surface area contributed by atoms with Crippen molar-refractivity contribution >= 4 is 57.8 Å². The minimum atomic E-state index is -1.39. The van der Waals surface area contributed by atoms with Crippen LogP contribution in [0.25, 0.3) is 0 Å². The fourth-order valence-electron chi connectivity index (χ4n) is 3.32. The molecule has 0 aromatic carbocycles. The van der Waals surface area contributed by atoms with Gasteiger partial charge in [-0.25, -0.2) is 9.78 Å². The SMILES string of the molecule is C=CCNC(=O)OCC=CC1(C(=O)O)CS[C@@H]2C(NC(=O)C(=NO)c3csc(N)n3)C(=O)N2C1. The Labute approximate surface area is 201 Å². The Morgan fingerprint density at radius 1 is 1.47 bits per heavy atom. The predicted molar refractivity (Wildman–Crippen MR) is 123 cm³/mol. The average Bonchev–Trinajstić information content (AvgIpc) is 3.24. The second-order valence-corrected chi connectivity index (χ2v) is 9.26. The maximum absolute atomic E-state index is 12.7. The molecule has 3 heterocycles. The molecular weight excluding hydrogens is 488 g/mol. The van der Waals surface area contributed by atoms with Crippen molar-refractivity contribution in [3.05, 3.63) is 35.9 Å². The zero-order valence-corrected chi connectivity index (χ0v) is 19.3. The number of oxime groups is 1. The minimum absolute atomic E-state index is 0.0675. The number of carboxylic acids is 1. The van der Waals surface area contributed by atoms with Crippen molar-refractivity contribution in [3.8, 4) is 0 Å². The number of anilines is 1. The maximum Gasteiger partial charge on any atom is 0.407 e. The van der Waals surface area contributed by atoms with E-state index in [2.05, 4.69) is 27.4 Å². The molecule has 2 aliphatic rings. The number of thiazole rings is 1. The monoisotopic (exact) mass is 510 g/mol. The molecule has 2 saturated heterocycles. The Balaban J connectivity index is 1.60. The highest BCUT2D eigenvalue weighted by Gasteiger charge is 2.56. The molecule has 13 nitrogen and oxygen atoms in total. The van der Waals surface area contributed by atoms with Crippen LogP contribution in [0.4, 0.5) is 9.93 Å². The van der Waals surface area contributed by atoms with Crippen molar-refractivity contribution in [2.45, 2.75) is 11.4 Å². The summed E-state index contributed by atoms with van der Waals surface area (Å²) in [6.45, 7) is 3.43. The van der Waals surface area contributed by atoms with Crippen molar-refractivity contribution in [2.75, 3.05) is 31.2 Å². The standard InChI is InChI=1S/C19H22N6O7S2/c1-2-5-21-18(30)32-6-3-4-19(16(28)29)8-25-14(27)12(15(25)34-9-19)23-13(26)11(24-31)10-7-33-17(20)22-10/h2-4,7,12,15,31H,1,5-6,8-9H2,(H2,20,22)(H,21,30)(H,23,26)(H,28,29)/t12?,15-,19?/m1/s1. The predicted octanol–water partition coefficient (Wildman–Crippen LogP) is -0.157. The van der Waals surface area contributed by atoms with E-state index in [0.717, 1.165) is 11.3 Å². The van der Waals surface area contributed by atoms with Crippen LogP contribution < -0.4 is 16.4 Å². The van der Waals surface area contributed by atoms with Gasteiger partial charge in [0, 0.05) is 24.2 Å². The van der Waals surface area contributed by atoms with Crippen LogP contribution in [-0.4, -0.2) is 86.7 Å². The van der Waals surface area contributed by atoms with Gasteiger partial charge in [-0.05, 0) is 6.08 Å². The average molecular weight is 511 g/mol. The summed E-state index contributed by atoms with van der Waals surface area (Å²) in [5, 5.41) is 28.0. The first-order valence-corrected chi connectivity index (χ1v) is 11.7. The van der Waals surface area contributed by atoms with Crippen LogP contribution in [0.15, 0.2) is 35.3 Å². The molecule has 0 aliphatic carbocycles. The molecule has 2 unspecified atom stereocenters. The van der Waals surface area contributed by atoms with Crippen LogP contribution in [0.1, 0.15) is 5.69 Å². The van der Waals surface area contributed by atoms with Crippen LogP contribution >= 0.6 is 23.1 Å². The van der Waals surface area contributed by atoms with E-state index in [1.165, 1.54) is 40.3 Å². The lowest BCUT2D eigenvalue weighted by molar-refractivity contribution is -0.156. The van der Waals surface area contributed by atoms with Crippen LogP contribution in [0.3, 0.4) is 0 Å². The van der Waals surface area contributed by atoms with E-state index in [0.29, 0.717) is 0 Å². The van der Waals surface area contributed by atoms with E-state index in [1.54, 1.807) is 0 Å². The molecule has 0 spiro atoms. The van der Waals surface area contributed by atoms with Crippen LogP contribution in [0.2, 0.25) is 0 Å². The summed E-state index contributed by atoms with van der Waals surface area (Å²) in [7, 11) is 0. The Morgan fingerprint density at radius 3 is 2.85 bits per heavy atom. The number of nitrogen functional groups attached to an aromatic ring is 1. The van der Waals surface area contributed by atoms with Crippen molar-refractivity contribution < 1.29 is 34.2 Å². The van der Waals surface area contributed by atoms with Crippen LogP contribution in [0, 0.1) is 5.41 Å². The summed E-state index contributed by atoms with van der Waals surface area (Å²) >= 11 is 2.24. The van der Waals surface area contributed by atoms with Gasteiger partial charge in [-0.3, -0.25) is 14.4 Å². The zero-order chi connectivity index (χ0) is 24.9. The number of hydrogen-bond acceptors (Lipinski definition) is 11. The maximum atomic E-state index is 12.7. The third-order valence-corrected chi connectivity index (χ3v) is 7.26. The Bertz CT molecular complexity index is 1060. The highest BCUT2D eigenvalue weighted by atomic mass is 32.2. The van der Waals surface area contributed by atoms with Gasteiger partial charge in [0.2, 0.25) is 5.91 Å². The quantitative estimate of drug-likeness (QED) is 0.0978. The Hall–Kier alpha value is -3.59. The molecule has 3 amide bonds. The number of carbonyl (C=O) groups is 4. The molecular formula is C19H22N6O7S2. The number of carboxylic acid groups (broad SMARTS) is 1. The fraction of sp³-hybridized carbons (Fsp3) is 0.368. The van der Waals surface area contributed by atoms with Crippen molar-refractivity contribution in [1.82, 2.24) is 20.5 Å². The number of alkyl carbamates (subject to hydrolysis) is 1. The summed E-state index contributed by atoms with van der Waals surface area (Å²) < 4.78 is 4.92. The number of ether oxygens (including phenoxy) is 1. The van der Waals surface area contributed by atoms with Gasteiger partial charge < -0.3 is 36.3 Å². The lowest BCUT2D eigenvalue weighted by Crippen LogP contribution is -2.73. The molecule has 3 atom stereocenters. The number of nitrogens with one attached hydrogen (secondary N) is 2. The van der Waals surface area contributed by atoms with Crippen molar-refractivity contribution in [3.63, 3.8) is 0 Å². The van der Waals surface area contributed by atoms with Crippen LogP contribution in [-0.2, 0) is 19.1 Å². The number of thioether (sulfide) groups is 1. The normalized spacial score (nSPS) is 24.2. The van der Waals surface area contributed by atoms with Crippen molar-refractivity contribution in [1.29, 1.82) is 0 Å². The Morgan fingerprint density at radius 2 is 2.24 bits per heavy atom. The molecule has 1 aromatic heterocycles.